The molecule has 0 aliphatic carbocycles. The maximum absolute atomic E-state index is 4.96. The minimum absolute atomic E-state index is 0.733. The third-order valence-corrected chi connectivity index (χ3v) is 1.72. The van der Waals surface area contributed by atoms with E-state index in [1.54, 1.807) is 0 Å². The summed E-state index contributed by atoms with van der Waals surface area (Å²) in [5, 5.41) is 3.31. The summed E-state index contributed by atoms with van der Waals surface area (Å²) in [6.45, 7) is 8.47. The third kappa shape index (κ3) is 9.50. The molecule has 0 saturated carbocycles. The molecule has 0 spiro atoms. The van der Waals surface area contributed by atoms with Crippen molar-refractivity contribution in [2.24, 2.45) is 0 Å². The lowest BCUT2D eigenvalue weighted by Gasteiger charge is -2.03. The topological polar surface area (TPSA) is 21.3 Å². The van der Waals surface area contributed by atoms with Crippen LogP contribution in [0, 0.1) is 0 Å². The van der Waals surface area contributed by atoms with E-state index < -0.39 is 0 Å². The van der Waals surface area contributed by atoms with Crippen molar-refractivity contribution >= 4 is 0 Å². The predicted molar refractivity (Wildman–Crippen MR) is 53.2 cm³/mol. The maximum Gasteiger partial charge on any atom is 0.0997 e. The number of ether oxygens (including phenoxy) is 1. The molecule has 0 radical (unpaired) electrons. The molecule has 0 saturated heterocycles. The molecule has 72 valence electrons. The molecular formula is C10H21NO. The van der Waals surface area contributed by atoms with E-state index in [1.165, 1.54) is 31.9 Å². The Morgan fingerprint density at radius 3 is 2.75 bits per heavy atom. The normalized spacial score (nSPS) is 9.75. The first kappa shape index (κ1) is 11.5. The molecule has 0 atom stereocenters. The predicted octanol–water partition coefficient (Wildman–Crippen LogP) is 2.32. The van der Waals surface area contributed by atoms with Crippen LogP contribution in [0.15, 0.2) is 12.8 Å². The quantitative estimate of drug-likeness (QED) is 0.424. The fraction of sp³-hybridized carbons (Fsp3) is 0.800. The van der Waals surface area contributed by atoms with Gasteiger partial charge in [-0.3, -0.25) is 0 Å². The van der Waals surface area contributed by atoms with Crippen LogP contribution < -0.4 is 5.32 Å². The van der Waals surface area contributed by atoms with Crippen LogP contribution in [-0.4, -0.2) is 19.7 Å². The van der Waals surface area contributed by atoms with Gasteiger partial charge in [-0.15, -0.1) is 0 Å². The molecule has 0 aromatic rings. The molecule has 0 heterocycles. The van der Waals surface area contributed by atoms with Crippen molar-refractivity contribution in [2.45, 2.75) is 32.6 Å². The Labute approximate surface area is 76.0 Å². The number of hydrogen-bond donors (Lipinski definition) is 1. The Kier molecular flexibility index (Phi) is 10.1. The van der Waals surface area contributed by atoms with Gasteiger partial charge in [-0.25, -0.2) is 0 Å². The standard InChI is InChI=1S/C10H21NO/c1-3-5-6-7-8-11-9-10-12-4-2/h4,11H,2-3,5-10H2,1H3. The third-order valence-electron chi connectivity index (χ3n) is 1.72. The van der Waals surface area contributed by atoms with Crippen molar-refractivity contribution in [2.75, 3.05) is 19.7 Å². The van der Waals surface area contributed by atoms with Gasteiger partial charge >= 0.3 is 0 Å². The van der Waals surface area contributed by atoms with Gasteiger partial charge in [0.2, 0.25) is 0 Å². The monoisotopic (exact) mass is 171 g/mol. The highest BCUT2D eigenvalue weighted by molar-refractivity contribution is 4.52. The second-order valence-electron chi connectivity index (χ2n) is 2.85. The van der Waals surface area contributed by atoms with Crippen molar-refractivity contribution in [3.63, 3.8) is 0 Å². The van der Waals surface area contributed by atoms with E-state index in [0.717, 1.165) is 19.7 Å². The van der Waals surface area contributed by atoms with Crippen LogP contribution in [0.2, 0.25) is 0 Å². The minimum Gasteiger partial charge on any atom is -0.500 e. The summed E-state index contributed by atoms with van der Waals surface area (Å²) in [5.74, 6) is 0. The second-order valence-corrected chi connectivity index (χ2v) is 2.85. The summed E-state index contributed by atoms with van der Waals surface area (Å²) in [6.07, 6.45) is 6.76. The molecule has 2 nitrogen and oxygen atoms in total. The second kappa shape index (κ2) is 10.5. The van der Waals surface area contributed by atoms with Crippen LogP contribution in [0.5, 0.6) is 0 Å². The number of unbranched alkanes of at least 4 members (excludes halogenated alkanes) is 3. The van der Waals surface area contributed by atoms with Gasteiger partial charge in [0.25, 0.3) is 0 Å². The highest BCUT2D eigenvalue weighted by Gasteiger charge is 1.87. The van der Waals surface area contributed by atoms with E-state index in [4.69, 9.17) is 4.74 Å². The van der Waals surface area contributed by atoms with Crippen molar-refractivity contribution in [1.82, 2.24) is 5.32 Å². The molecule has 0 fully saturated rings. The molecule has 0 aliphatic rings. The highest BCUT2D eigenvalue weighted by atomic mass is 16.5. The summed E-state index contributed by atoms with van der Waals surface area (Å²) in [7, 11) is 0. The van der Waals surface area contributed by atoms with Gasteiger partial charge in [-0.05, 0) is 13.0 Å². The Balaban J connectivity index is 2.77. The molecular weight excluding hydrogens is 150 g/mol. The Bertz CT molecular complexity index is 93.8. The highest BCUT2D eigenvalue weighted by Crippen LogP contribution is 1.96. The first-order valence-corrected chi connectivity index (χ1v) is 4.85. The molecule has 0 aromatic carbocycles. The van der Waals surface area contributed by atoms with E-state index in [1.807, 2.05) is 0 Å². The molecule has 0 bridgehead atoms. The van der Waals surface area contributed by atoms with E-state index in [9.17, 15) is 0 Å². The van der Waals surface area contributed by atoms with Crippen molar-refractivity contribution in [1.29, 1.82) is 0 Å². The Morgan fingerprint density at radius 2 is 2.08 bits per heavy atom. The summed E-state index contributed by atoms with van der Waals surface area (Å²) >= 11 is 0. The summed E-state index contributed by atoms with van der Waals surface area (Å²) < 4.78 is 4.96. The van der Waals surface area contributed by atoms with Gasteiger partial charge < -0.3 is 10.1 Å². The SMILES string of the molecule is C=COCCNCCCCCC. The first-order chi connectivity index (χ1) is 5.91. The Hall–Kier alpha value is -0.500. The summed E-state index contributed by atoms with van der Waals surface area (Å²) in [4.78, 5) is 0. The van der Waals surface area contributed by atoms with Gasteiger partial charge in [0.15, 0.2) is 0 Å². The zero-order chi connectivity index (χ0) is 9.07. The van der Waals surface area contributed by atoms with Crippen LogP contribution in [-0.2, 0) is 4.74 Å². The molecule has 0 rings (SSSR count). The van der Waals surface area contributed by atoms with Crippen LogP contribution >= 0.6 is 0 Å². The molecule has 0 unspecified atom stereocenters. The average molecular weight is 171 g/mol. The molecule has 0 aliphatic heterocycles. The van der Waals surface area contributed by atoms with Gasteiger partial charge in [0, 0.05) is 6.54 Å². The zero-order valence-electron chi connectivity index (χ0n) is 8.14. The van der Waals surface area contributed by atoms with E-state index >= 15 is 0 Å². The number of nitrogens with one attached hydrogen (secondary N) is 1. The van der Waals surface area contributed by atoms with Crippen LogP contribution in [0.3, 0.4) is 0 Å². The Morgan fingerprint density at radius 1 is 1.25 bits per heavy atom. The lowest BCUT2D eigenvalue weighted by molar-refractivity contribution is 0.250. The van der Waals surface area contributed by atoms with Crippen LogP contribution in [0.25, 0.3) is 0 Å². The van der Waals surface area contributed by atoms with E-state index in [-0.39, 0.29) is 0 Å². The number of hydrogen-bond acceptors (Lipinski definition) is 2. The molecule has 1 N–H and O–H groups in total. The van der Waals surface area contributed by atoms with E-state index in [0.29, 0.717) is 0 Å². The van der Waals surface area contributed by atoms with Gasteiger partial charge in [-0.1, -0.05) is 32.8 Å². The summed E-state index contributed by atoms with van der Waals surface area (Å²) in [5.41, 5.74) is 0. The minimum atomic E-state index is 0.733. The maximum atomic E-state index is 4.96. The van der Waals surface area contributed by atoms with Crippen molar-refractivity contribution < 1.29 is 4.74 Å². The van der Waals surface area contributed by atoms with Crippen LogP contribution in [0.4, 0.5) is 0 Å². The smallest absolute Gasteiger partial charge is 0.0997 e. The fourth-order valence-corrected chi connectivity index (χ4v) is 1.02. The summed E-state index contributed by atoms with van der Waals surface area (Å²) in [6, 6.07) is 0. The van der Waals surface area contributed by atoms with E-state index in [2.05, 4.69) is 18.8 Å². The molecule has 2 heteroatoms. The van der Waals surface area contributed by atoms with Crippen LogP contribution in [0.1, 0.15) is 32.6 Å². The fourth-order valence-electron chi connectivity index (χ4n) is 1.02. The zero-order valence-corrected chi connectivity index (χ0v) is 8.14. The first-order valence-electron chi connectivity index (χ1n) is 4.85. The van der Waals surface area contributed by atoms with Gasteiger partial charge in [-0.2, -0.15) is 0 Å². The van der Waals surface area contributed by atoms with Gasteiger partial charge in [0.05, 0.1) is 12.9 Å². The lowest BCUT2D eigenvalue weighted by atomic mass is 10.2. The molecule has 0 amide bonds. The van der Waals surface area contributed by atoms with Gasteiger partial charge in [0.1, 0.15) is 0 Å². The van der Waals surface area contributed by atoms with Crippen molar-refractivity contribution in [3.8, 4) is 0 Å². The largest absolute Gasteiger partial charge is 0.500 e. The molecule has 12 heavy (non-hydrogen) atoms. The lowest BCUT2D eigenvalue weighted by Crippen LogP contribution is -2.19. The average Bonchev–Trinajstić information content (AvgIpc) is 2.10. The van der Waals surface area contributed by atoms with Crippen molar-refractivity contribution in [3.05, 3.63) is 12.8 Å². The molecule has 0 aromatic heterocycles. The number of rotatable bonds is 9.